The summed E-state index contributed by atoms with van der Waals surface area (Å²) in [6.07, 6.45) is 0.274. The maximum Gasteiger partial charge on any atom is 0.191 e. The van der Waals surface area contributed by atoms with Crippen LogP contribution in [0.15, 0.2) is 22.5 Å². The molecular weight excluding hydrogens is 378 g/mol. The van der Waals surface area contributed by atoms with E-state index in [1.165, 1.54) is 9.75 Å². The predicted molar refractivity (Wildman–Crippen MR) is 114 cm³/mol. The van der Waals surface area contributed by atoms with Crippen LogP contribution in [0.25, 0.3) is 0 Å². The number of hydrogen-bond acceptors (Lipinski definition) is 6. The van der Waals surface area contributed by atoms with E-state index < -0.39 is 0 Å². The largest absolute Gasteiger partial charge is 0.376 e. The van der Waals surface area contributed by atoms with Gasteiger partial charge in [0.25, 0.3) is 0 Å². The zero-order valence-electron chi connectivity index (χ0n) is 16.5. The van der Waals surface area contributed by atoms with E-state index >= 15 is 0 Å². The highest BCUT2D eigenvalue weighted by Gasteiger charge is 2.26. The minimum absolute atomic E-state index is 0.274. The van der Waals surface area contributed by atoms with Gasteiger partial charge in [0.05, 0.1) is 36.0 Å². The molecule has 148 valence electrons. The molecule has 2 atom stereocenters. The molecule has 0 aromatic carbocycles. The predicted octanol–water partition coefficient (Wildman–Crippen LogP) is 2.95. The van der Waals surface area contributed by atoms with Gasteiger partial charge in [-0.05, 0) is 32.2 Å². The fourth-order valence-electron chi connectivity index (χ4n) is 3.33. The molecule has 1 aliphatic rings. The minimum atomic E-state index is 0.274. The maximum atomic E-state index is 5.72. The van der Waals surface area contributed by atoms with Crippen LogP contribution < -0.4 is 10.6 Å². The number of morpholine rings is 1. The molecule has 0 bridgehead atoms. The van der Waals surface area contributed by atoms with Crippen LogP contribution in [-0.2, 0) is 11.3 Å². The van der Waals surface area contributed by atoms with Gasteiger partial charge in [0, 0.05) is 36.4 Å². The smallest absolute Gasteiger partial charge is 0.191 e. The van der Waals surface area contributed by atoms with Crippen LogP contribution >= 0.6 is 22.7 Å². The lowest BCUT2D eigenvalue weighted by atomic mass is 10.1. The van der Waals surface area contributed by atoms with E-state index in [0.29, 0.717) is 6.04 Å². The monoisotopic (exact) mass is 407 g/mol. The van der Waals surface area contributed by atoms with Gasteiger partial charge in [0.1, 0.15) is 0 Å². The molecule has 0 amide bonds. The molecule has 6 nitrogen and oxygen atoms in total. The van der Waals surface area contributed by atoms with Crippen molar-refractivity contribution in [1.82, 2.24) is 20.5 Å². The Morgan fingerprint density at radius 1 is 1.44 bits per heavy atom. The summed E-state index contributed by atoms with van der Waals surface area (Å²) in [7, 11) is 1.82. The molecular formula is C19H29N5OS2. The maximum absolute atomic E-state index is 5.72. The first-order valence-electron chi connectivity index (χ1n) is 9.33. The molecule has 0 saturated carbocycles. The first-order chi connectivity index (χ1) is 13.1. The lowest BCUT2D eigenvalue weighted by molar-refractivity contribution is -0.0334. The highest BCUT2D eigenvalue weighted by Crippen LogP contribution is 2.26. The number of ether oxygens (including phenoxy) is 1. The average molecular weight is 408 g/mol. The summed E-state index contributed by atoms with van der Waals surface area (Å²) >= 11 is 3.55. The Bertz CT molecular complexity index is 743. The molecule has 3 rings (SSSR count). The summed E-state index contributed by atoms with van der Waals surface area (Å²) < 4.78 is 5.72. The number of guanidine groups is 1. The molecule has 1 saturated heterocycles. The number of rotatable bonds is 6. The van der Waals surface area contributed by atoms with E-state index in [-0.39, 0.29) is 6.10 Å². The van der Waals surface area contributed by atoms with Gasteiger partial charge in [-0.15, -0.1) is 22.7 Å². The summed E-state index contributed by atoms with van der Waals surface area (Å²) in [5.74, 6) is 0.823. The molecule has 3 heterocycles. The standard InChI is InChI=1S/C19H29N5OS2/c1-13-12-24(7-8-25-13)16(17-6-5-9-26-17)10-21-19(20-4)22-11-18-14(2)23-15(3)27-18/h5-6,9,13,16H,7-8,10-12H2,1-4H3,(H2,20,21,22). The van der Waals surface area contributed by atoms with Crippen LogP contribution in [-0.4, -0.2) is 55.2 Å². The zero-order valence-corrected chi connectivity index (χ0v) is 18.1. The number of aryl methyl sites for hydroxylation is 2. The van der Waals surface area contributed by atoms with Gasteiger partial charge in [0.2, 0.25) is 0 Å². The number of thiazole rings is 1. The van der Waals surface area contributed by atoms with Crippen molar-refractivity contribution in [1.29, 1.82) is 0 Å². The molecule has 1 aliphatic heterocycles. The Labute approximate surface area is 169 Å². The van der Waals surface area contributed by atoms with Gasteiger partial charge in [-0.25, -0.2) is 4.98 Å². The Balaban J connectivity index is 1.60. The van der Waals surface area contributed by atoms with E-state index in [1.807, 2.05) is 25.3 Å². The van der Waals surface area contributed by atoms with E-state index in [1.54, 1.807) is 11.3 Å². The Kier molecular flexibility index (Phi) is 7.23. The van der Waals surface area contributed by atoms with Crippen molar-refractivity contribution in [2.45, 2.75) is 39.5 Å². The first kappa shape index (κ1) is 20.3. The lowest BCUT2D eigenvalue weighted by Gasteiger charge is -2.37. The van der Waals surface area contributed by atoms with E-state index in [9.17, 15) is 0 Å². The SMILES string of the molecule is CN=C(NCc1sc(C)nc1C)NCC(c1cccs1)N1CCOC(C)C1. The Hall–Kier alpha value is -1.48. The summed E-state index contributed by atoms with van der Waals surface area (Å²) in [4.78, 5) is 14.0. The van der Waals surface area contributed by atoms with Gasteiger partial charge in [0.15, 0.2) is 5.96 Å². The highest BCUT2D eigenvalue weighted by molar-refractivity contribution is 7.11. The number of thiophene rings is 1. The summed E-state index contributed by atoms with van der Waals surface area (Å²) in [6, 6.07) is 4.66. The third-order valence-corrected chi connectivity index (χ3v) is 6.73. The quantitative estimate of drug-likeness (QED) is 0.569. The second-order valence-electron chi connectivity index (χ2n) is 6.76. The average Bonchev–Trinajstić information content (AvgIpc) is 3.28. The van der Waals surface area contributed by atoms with Crippen molar-refractivity contribution in [2.24, 2.45) is 4.99 Å². The van der Waals surface area contributed by atoms with Gasteiger partial charge in [-0.1, -0.05) is 6.07 Å². The van der Waals surface area contributed by atoms with Crippen molar-refractivity contribution < 1.29 is 4.74 Å². The van der Waals surface area contributed by atoms with Crippen LogP contribution in [0.2, 0.25) is 0 Å². The summed E-state index contributed by atoms with van der Waals surface area (Å²) in [5.41, 5.74) is 1.10. The third-order valence-electron chi connectivity index (χ3n) is 4.69. The van der Waals surface area contributed by atoms with Crippen LogP contribution in [0.5, 0.6) is 0 Å². The molecule has 2 unspecified atom stereocenters. The van der Waals surface area contributed by atoms with Crippen LogP contribution in [0.3, 0.4) is 0 Å². The zero-order chi connectivity index (χ0) is 19.2. The van der Waals surface area contributed by atoms with Crippen LogP contribution in [0.1, 0.15) is 33.4 Å². The number of aromatic nitrogens is 1. The van der Waals surface area contributed by atoms with Gasteiger partial charge in [-0.3, -0.25) is 9.89 Å². The number of aliphatic imine (C=N–C) groups is 1. The van der Waals surface area contributed by atoms with Crippen molar-refractivity contribution in [3.05, 3.63) is 38.0 Å². The molecule has 0 aliphatic carbocycles. The molecule has 0 spiro atoms. The molecule has 2 aromatic rings. The lowest BCUT2D eigenvalue weighted by Crippen LogP contribution is -2.47. The van der Waals surface area contributed by atoms with Crippen molar-refractivity contribution in [3.8, 4) is 0 Å². The number of hydrogen-bond donors (Lipinski definition) is 2. The topological polar surface area (TPSA) is 61.8 Å². The molecule has 1 fully saturated rings. The van der Waals surface area contributed by atoms with Gasteiger partial charge < -0.3 is 15.4 Å². The van der Waals surface area contributed by atoms with E-state index in [0.717, 1.165) is 49.4 Å². The van der Waals surface area contributed by atoms with E-state index in [2.05, 4.69) is 56.9 Å². The second-order valence-corrected chi connectivity index (χ2v) is 9.02. The van der Waals surface area contributed by atoms with Crippen molar-refractivity contribution in [3.63, 3.8) is 0 Å². The van der Waals surface area contributed by atoms with Crippen molar-refractivity contribution in [2.75, 3.05) is 33.3 Å². The van der Waals surface area contributed by atoms with Gasteiger partial charge >= 0.3 is 0 Å². The van der Waals surface area contributed by atoms with Crippen molar-refractivity contribution >= 4 is 28.6 Å². The Morgan fingerprint density at radius 3 is 2.93 bits per heavy atom. The fourth-order valence-corrected chi connectivity index (χ4v) is 5.07. The minimum Gasteiger partial charge on any atom is -0.376 e. The van der Waals surface area contributed by atoms with Crippen LogP contribution in [0, 0.1) is 13.8 Å². The second kappa shape index (κ2) is 9.64. The Morgan fingerprint density at radius 2 is 2.30 bits per heavy atom. The van der Waals surface area contributed by atoms with E-state index in [4.69, 9.17) is 4.74 Å². The fraction of sp³-hybridized carbons (Fsp3) is 0.579. The number of nitrogens with one attached hydrogen (secondary N) is 2. The molecule has 2 N–H and O–H groups in total. The normalized spacial score (nSPS) is 19.9. The molecule has 8 heteroatoms. The summed E-state index contributed by atoms with van der Waals surface area (Å²) in [5, 5.41) is 10.2. The highest BCUT2D eigenvalue weighted by atomic mass is 32.1. The third kappa shape index (κ3) is 5.51. The molecule has 27 heavy (non-hydrogen) atoms. The molecule has 0 radical (unpaired) electrons. The van der Waals surface area contributed by atoms with Crippen LogP contribution in [0.4, 0.5) is 0 Å². The number of nitrogens with zero attached hydrogens (tertiary/aromatic N) is 3. The van der Waals surface area contributed by atoms with Gasteiger partial charge in [-0.2, -0.15) is 0 Å². The summed E-state index contributed by atoms with van der Waals surface area (Å²) in [6.45, 7) is 10.5. The first-order valence-corrected chi connectivity index (χ1v) is 11.0. The molecule has 2 aromatic heterocycles.